The minimum absolute atomic E-state index is 0.0562. The van der Waals surface area contributed by atoms with Crippen LogP contribution in [0.25, 0.3) is 0 Å². The smallest absolute Gasteiger partial charge is 0.240 e. The molecule has 8 nitrogen and oxygen atoms in total. The maximum atomic E-state index is 12.4. The van der Waals surface area contributed by atoms with Gasteiger partial charge in [0, 0.05) is 18.8 Å². The zero-order valence-electron chi connectivity index (χ0n) is 17.9. The molecule has 1 aromatic heterocycles. The van der Waals surface area contributed by atoms with Crippen molar-refractivity contribution in [1.29, 1.82) is 0 Å². The molecule has 2 heterocycles. The topological polar surface area (TPSA) is 96.5 Å². The Kier molecular flexibility index (Phi) is 6.13. The quantitative estimate of drug-likeness (QED) is 0.645. The molecular formula is C21H28ClN5O3S. The minimum atomic E-state index is -3.53. The summed E-state index contributed by atoms with van der Waals surface area (Å²) < 4.78 is 33.3. The van der Waals surface area contributed by atoms with Gasteiger partial charge >= 0.3 is 0 Å². The molecule has 2 aromatic rings. The molecule has 168 valence electrons. The van der Waals surface area contributed by atoms with Gasteiger partial charge in [-0.2, -0.15) is 4.98 Å². The lowest BCUT2D eigenvalue weighted by atomic mass is 10.2. The van der Waals surface area contributed by atoms with Crippen molar-refractivity contribution in [3.8, 4) is 0 Å². The second kappa shape index (κ2) is 8.54. The molecule has 4 rings (SSSR count). The van der Waals surface area contributed by atoms with E-state index >= 15 is 0 Å². The number of sulfonamides is 1. The molecule has 1 saturated heterocycles. The van der Waals surface area contributed by atoms with Crippen molar-refractivity contribution < 1.29 is 13.2 Å². The van der Waals surface area contributed by atoms with Crippen molar-refractivity contribution in [2.45, 2.75) is 50.2 Å². The molecule has 0 radical (unpaired) electrons. The minimum Gasteiger partial charge on any atom is -0.371 e. The monoisotopic (exact) mass is 465 g/mol. The zero-order valence-corrected chi connectivity index (χ0v) is 19.5. The van der Waals surface area contributed by atoms with Crippen LogP contribution in [0, 0.1) is 5.92 Å². The van der Waals surface area contributed by atoms with Crippen LogP contribution >= 0.6 is 11.6 Å². The van der Waals surface area contributed by atoms with Crippen LogP contribution in [-0.2, 0) is 14.8 Å². The van der Waals surface area contributed by atoms with E-state index in [-0.39, 0.29) is 22.5 Å². The Morgan fingerprint density at radius 1 is 1.29 bits per heavy atom. The lowest BCUT2D eigenvalue weighted by molar-refractivity contribution is 0.00318. The molecule has 0 amide bonds. The number of hydrogen-bond acceptors (Lipinski definition) is 7. The molecule has 2 aliphatic rings. The number of rotatable bonds is 7. The van der Waals surface area contributed by atoms with Gasteiger partial charge in [-0.05, 0) is 49.9 Å². The van der Waals surface area contributed by atoms with Crippen LogP contribution in [0.5, 0.6) is 0 Å². The molecule has 2 fully saturated rings. The first kappa shape index (κ1) is 22.3. The summed E-state index contributed by atoms with van der Waals surface area (Å²) in [4.78, 5) is 11.3. The van der Waals surface area contributed by atoms with E-state index in [1.165, 1.54) is 0 Å². The highest BCUT2D eigenvalue weighted by molar-refractivity contribution is 7.89. The molecule has 1 atom stereocenters. The van der Waals surface area contributed by atoms with E-state index in [1.807, 2.05) is 13.8 Å². The third-order valence-corrected chi connectivity index (χ3v) is 7.24. The fourth-order valence-corrected chi connectivity index (χ4v) is 4.86. The van der Waals surface area contributed by atoms with Crippen LogP contribution in [0.4, 0.5) is 17.5 Å². The zero-order chi connectivity index (χ0) is 22.2. The summed E-state index contributed by atoms with van der Waals surface area (Å²) in [5, 5.41) is 3.63. The van der Waals surface area contributed by atoms with Crippen molar-refractivity contribution >= 4 is 39.1 Å². The molecule has 10 heteroatoms. The molecule has 1 aliphatic carbocycles. The van der Waals surface area contributed by atoms with Gasteiger partial charge in [-0.1, -0.05) is 25.4 Å². The van der Waals surface area contributed by atoms with Gasteiger partial charge in [0.05, 0.1) is 29.3 Å². The van der Waals surface area contributed by atoms with Crippen LogP contribution < -0.4 is 14.9 Å². The van der Waals surface area contributed by atoms with Crippen LogP contribution in [-0.4, -0.2) is 49.7 Å². The van der Waals surface area contributed by atoms with E-state index in [4.69, 9.17) is 16.3 Å². The van der Waals surface area contributed by atoms with Gasteiger partial charge in [-0.15, -0.1) is 0 Å². The van der Waals surface area contributed by atoms with Gasteiger partial charge in [0.25, 0.3) is 0 Å². The summed E-state index contributed by atoms with van der Waals surface area (Å²) in [6.45, 7) is 7.80. The van der Waals surface area contributed by atoms with Gasteiger partial charge < -0.3 is 15.0 Å². The predicted molar refractivity (Wildman–Crippen MR) is 122 cm³/mol. The third-order valence-electron chi connectivity index (χ3n) is 5.53. The van der Waals surface area contributed by atoms with Crippen molar-refractivity contribution in [2.24, 2.45) is 5.92 Å². The number of hydrogen-bond donors (Lipinski definition) is 2. The number of aromatic nitrogens is 2. The Morgan fingerprint density at radius 3 is 2.65 bits per heavy atom. The Labute approximate surface area is 188 Å². The van der Waals surface area contributed by atoms with Crippen molar-refractivity contribution in [1.82, 2.24) is 14.7 Å². The summed E-state index contributed by atoms with van der Waals surface area (Å²) in [5.41, 5.74) is 0.629. The molecular weight excluding hydrogens is 438 g/mol. The van der Waals surface area contributed by atoms with Gasteiger partial charge in [0.15, 0.2) is 5.82 Å². The Morgan fingerprint density at radius 2 is 2.00 bits per heavy atom. The highest BCUT2D eigenvalue weighted by Gasteiger charge is 2.49. The largest absolute Gasteiger partial charge is 0.371 e. The van der Waals surface area contributed by atoms with E-state index in [9.17, 15) is 8.42 Å². The van der Waals surface area contributed by atoms with E-state index < -0.39 is 10.0 Å². The molecule has 1 aromatic carbocycles. The van der Waals surface area contributed by atoms with Gasteiger partial charge in [0.2, 0.25) is 16.0 Å². The molecule has 2 N–H and O–H groups in total. The Balaban J connectivity index is 1.49. The Hall–Kier alpha value is -1.94. The normalized spacial score (nSPS) is 20.3. The number of benzene rings is 1. The summed E-state index contributed by atoms with van der Waals surface area (Å²) in [7, 11) is -3.53. The van der Waals surface area contributed by atoms with Crippen LogP contribution in [0.2, 0.25) is 5.02 Å². The standard InChI is InChI=1S/C21H28ClN5O3S/c1-14(2)10-24-31(28,29)17-6-4-16(5-7-17)25-20-23-11-18(22)19(26-20)27-13-21(8-9-21)30-12-15(27)3/h4-7,11,14-15,24H,8-10,12-13H2,1-3H3,(H,23,25,26)/t15-/m0/s1. The fraction of sp³-hybridized carbons (Fsp3) is 0.524. The van der Waals surface area contributed by atoms with Crippen molar-refractivity contribution in [3.05, 3.63) is 35.5 Å². The Bertz CT molecular complexity index is 1040. The first-order valence-corrected chi connectivity index (χ1v) is 12.3. The van der Waals surface area contributed by atoms with E-state index in [0.717, 1.165) is 19.4 Å². The summed E-state index contributed by atoms with van der Waals surface area (Å²) in [5.74, 6) is 1.31. The second-order valence-corrected chi connectivity index (χ2v) is 10.9. The summed E-state index contributed by atoms with van der Waals surface area (Å²) in [6, 6.07) is 6.66. The van der Waals surface area contributed by atoms with Crippen LogP contribution in [0.15, 0.2) is 35.4 Å². The van der Waals surface area contributed by atoms with E-state index in [1.54, 1.807) is 30.5 Å². The number of halogens is 1. The maximum absolute atomic E-state index is 12.4. The first-order chi connectivity index (χ1) is 14.7. The average molecular weight is 466 g/mol. The lowest BCUT2D eigenvalue weighted by Gasteiger charge is -2.39. The van der Waals surface area contributed by atoms with Crippen molar-refractivity contribution in [3.63, 3.8) is 0 Å². The SMILES string of the molecule is CC(C)CNS(=O)(=O)c1ccc(Nc2ncc(Cl)c(N3CC4(CC4)OC[C@@H]3C)n2)cc1. The van der Waals surface area contributed by atoms with Crippen LogP contribution in [0.1, 0.15) is 33.6 Å². The van der Waals surface area contributed by atoms with Crippen molar-refractivity contribution in [2.75, 3.05) is 29.9 Å². The lowest BCUT2D eigenvalue weighted by Crippen LogP contribution is -2.50. The molecule has 0 unspecified atom stereocenters. The first-order valence-electron chi connectivity index (χ1n) is 10.5. The number of nitrogens with zero attached hydrogens (tertiary/aromatic N) is 3. The molecule has 31 heavy (non-hydrogen) atoms. The third kappa shape index (κ3) is 5.11. The highest BCUT2D eigenvalue weighted by atomic mass is 35.5. The summed E-state index contributed by atoms with van der Waals surface area (Å²) >= 11 is 6.43. The van der Waals surface area contributed by atoms with Gasteiger partial charge in [-0.25, -0.2) is 18.1 Å². The average Bonchev–Trinajstić information content (AvgIpc) is 3.50. The van der Waals surface area contributed by atoms with Gasteiger partial charge in [-0.3, -0.25) is 0 Å². The van der Waals surface area contributed by atoms with Crippen LogP contribution in [0.3, 0.4) is 0 Å². The van der Waals surface area contributed by atoms with E-state index in [0.29, 0.717) is 35.6 Å². The maximum Gasteiger partial charge on any atom is 0.240 e. The second-order valence-electron chi connectivity index (χ2n) is 8.73. The highest BCUT2D eigenvalue weighted by Crippen LogP contribution is 2.44. The molecule has 1 saturated carbocycles. The number of ether oxygens (including phenoxy) is 1. The number of nitrogens with one attached hydrogen (secondary N) is 2. The molecule has 1 spiro atoms. The number of morpholine rings is 1. The summed E-state index contributed by atoms with van der Waals surface area (Å²) in [6.07, 6.45) is 3.71. The van der Waals surface area contributed by atoms with Gasteiger partial charge in [0.1, 0.15) is 5.02 Å². The fourth-order valence-electron chi connectivity index (χ4n) is 3.45. The molecule has 0 bridgehead atoms. The molecule has 1 aliphatic heterocycles. The predicted octanol–water partition coefficient (Wildman–Crippen LogP) is 3.57. The number of anilines is 3. The van der Waals surface area contributed by atoms with E-state index in [2.05, 4.69) is 31.8 Å².